The topological polar surface area (TPSA) is 59.1 Å². The molecule has 0 bridgehead atoms. The van der Waals surface area contributed by atoms with Gasteiger partial charge in [-0.3, -0.25) is 9.71 Å². The van der Waals surface area contributed by atoms with Gasteiger partial charge in [-0.05, 0) is 59.5 Å². The molecular weight excluding hydrogens is 356 g/mol. The fourth-order valence-corrected chi connectivity index (χ4v) is 3.77. The van der Waals surface area contributed by atoms with Crippen LogP contribution in [-0.2, 0) is 22.2 Å². The number of rotatable bonds is 6. The number of pyridine rings is 1. The highest BCUT2D eigenvalue weighted by molar-refractivity contribution is 7.91. The Bertz CT molecular complexity index is 925. The standard InChI is InChI=1S/C19H17ClN2O2S/c20-18-5-1-17(2-6-18)14-25(23,24)22-19-7-3-15(4-8-19)13-16-9-11-21-12-10-16/h1-12,22H,13-14H2. The molecule has 0 radical (unpaired) electrons. The van der Waals surface area contributed by atoms with Crippen LogP contribution >= 0.6 is 11.6 Å². The van der Waals surface area contributed by atoms with Gasteiger partial charge in [-0.15, -0.1) is 0 Å². The summed E-state index contributed by atoms with van der Waals surface area (Å²) in [5, 5.41) is 0.582. The number of anilines is 1. The maximum Gasteiger partial charge on any atom is 0.236 e. The lowest BCUT2D eigenvalue weighted by Crippen LogP contribution is -2.15. The number of nitrogens with one attached hydrogen (secondary N) is 1. The Balaban J connectivity index is 1.65. The van der Waals surface area contributed by atoms with E-state index < -0.39 is 10.0 Å². The molecule has 25 heavy (non-hydrogen) atoms. The van der Waals surface area contributed by atoms with E-state index in [-0.39, 0.29) is 5.75 Å². The van der Waals surface area contributed by atoms with Gasteiger partial charge in [0.05, 0.1) is 5.75 Å². The summed E-state index contributed by atoms with van der Waals surface area (Å²) in [6.45, 7) is 0. The molecule has 0 aliphatic rings. The smallest absolute Gasteiger partial charge is 0.236 e. The van der Waals surface area contributed by atoms with Gasteiger partial charge in [-0.1, -0.05) is 35.9 Å². The molecular formula is C19H17ClN2O2S. The van der Waals surface area contributed by atoms with Crippen LogP contribution in [-0.4, -0.2) is 13.4 Å². The number of nitrogens with zero attached hydrogens (tertiary/aromatic N) is 1. The molecule has 1 heterocycles. The van der Waals surface area contributed by atoms with E-state index in [1.807, 2.05) is 24.3 Å². The molecule has 0 atom stereocenters. The summed E-state index contributed by atoms with van der Waals surface area (Å²) in [6.07, 6.45) is 4.30. The summed E-state index contributed by atoms with van der Waals surface area (Å²) in [6, 6.07) is 18.1. The van der Waals surface area contributed by atoms with E-state index in [1.165, 1.54) is 0 Å². The van der Waals surface area contributed by atoms with Crippen LogP contribution in [0.4, 0.5) is 5.69 Å². The van der Waals surface area contributed by atoms with Crippen molar-refractivity contribution in [1.82, 2.24) is 4.98 Å². The first kappa shape index (κ1) is 17.5. The molecule has 3 aromatic rings. The zero-order chi connectivity index (χ0) is 17.7. The number of halogens is 1. The maximum atomic E-state index is 12.3. The fraction of sp³-hybridized carbons (Fsp3) is 0.105. The highest BCUT2D eigenvalue weighted by atomic mass is 35.5. The number of sulfonamides is 1. The largest absolute Gasteiger partial charge is 0.283 e. The predicted molar refractivity (Wildman–Crippen MR) is 101 cm³/mol. The van der Waals surface area contributed by atoms with Gasteiger partial charge in [0.25, 0.3) is 0 Å². The van der Waals surface area contributed by atoms with Crippen molar-refractivity contribution in [3.05, 3.63) is 94.8 Å². The van der Waals surface area contributed by atoms with Crippen LogP contribution in [0.5, 0.6) is 0 Å². The molecule has 2 aromatic carbocycles. The molecule has 0 saturated carbocycles. The summed E-state index contributed by atoms with van der Waals surface area (Å²) in [7, 11) is -3.47. The molecule has 0 saturated heterocycles. The van der Waals surface area contributed by atoms with E-state index >= 15 is 0 Å². The zero-order valence-corrected chi connectivity index (χ0v) is 15.0. The third-order valence-corrected chi connectivity index (χ3v) is 5.17. The monoisotopic (exact) mass is 372 g/mol. The molecule has 128 valence electrons. The molecule has 4 nitrogen and oxygen atoms in total. The molecule has 0 aliphatic heterocycles. The summed E-state index contributed by atoms with van der Waals surface area (Å²) in [5.41, 5.74) is 3.50. The highest BCUT2D eigenvalue weighted by Gasteiger charge is 2.11. The van der Waals surface area contributed by atoms with Gasteiger partial charge >= 0.3 is 0 Å². The second-order valence-corrected chi connectivity index (χ2v) is 7.88. The normalized spacial score (nSPS) is 11.2. The van der Waals surface area contributed by atoms with Crippen molar-refractivity contribution >= 4 is 27.3 Å². The Morgan fingerprint density at radius 3 is 2.00 bits per heavy atom. The molecule has 1 aromatic heterocycles. The first-order valence-corrected chi connectivity index (χ1v) is 9.76. The lowest BCUT2D eigenvalue weighted by atomic mass is 10.1. The number of benzene rings is 2. The zero-order valence-electron chi connectivity index (χ0n) is 13.4. The Morgan fingerprint density at radius 2 is 1.36 bits per heavy atom. The molecule has 1 N–H and O–H groups in total. The van der Waals surface area contributed by atoms with E-state index in [2.05, 4.69) is 9.71 Å². The fourth-order valence-electron chi connectivity index (χ4n) is 2.44. The quantitative estimate of drug-likeness (QED) is 0.703. The molecule has 0 fully saturated rings. The molecule has 0 unspecified atom stereocenters. The van der Waals surface area contributed by atoms with Crippen molar-refractivity contribution in [2.24, 2.45) is 0 Å². The third kappa shape index (κ3) is 5.31. The van der Waals surface area contributed by atoms with Gasteiger partial charge in [0.2, 0.25) is 10.0 Å². The molecule has 0 spiro atoms. The van der Waals surface area contributed by atoms with Crippen LogP contribution in [0.1, 0.15) is 16.7 Å². The Kier molecular flexibility index (Phi) is 5.36. The van der Waals surface area contributed by atoms with Crippen LogP contribution in [0.15, 0.2) is 73.1 Å². The minimum atomic E-state index is -3.47. The Morgan fingerprint density at radius 1 is 0.800 bits per heavy atom. The van der Waals surface area contributed by atoms with Gasteiger partial charge in [-0.25, -0.2) is 8.42 Å². The minimum absolute atomic E-state index is 0.0943. The number of aromatic nitrogens is 1. The van der Waals surface area contributed by atoms with Crippen LogP contribution in [0.25, 0.3) is 0 Å². The van der Waals surface area contributed by atoms with Gasteiger partial charge < -0.3 is 0 Å². The first-order valence-electron chi connectivity index (χ1n) is 7.73. The van der Waals surface area contributed by atoms with Crippen LogP contribution in [0.3, 0.4) is 0 Å². The van der Waals surface area contributed by atoms with Crippen LogP contribution in [0.2, 0.25) is 5.02 Å². The molecule has 0 amide bonds. The van der Waals surface area contributed by atoms with E-state index in [0.717, 1.165) is 17.5 Å². The van der Waals surface area contributed by atoms with Crippen LogP contribution < -0.4 is 4.72 Å². The maximum absolute atomic E-state index is 12.3. The Hall–Kier alpha value is -2.37. The van der Waals surface area contributed by atoms with Gasteiger partial charge in [-0.2, -0.15) is 0 Å². The molecule has 0 aliphatic carbocycles. The highest BCUT2D eigenvalue weighted by Crippen LogP contribution is 2.17. The lowest BCUT2D eigenvalue weighted by molar-refractivity contribution is 0.600. The minimum Gasteiger partial charge on any atom is -0.283 e. The average molecular weight is 373 g/mol. The summed E-state index contributed by atoms with van der Waals surface area (Å²) in [5.74, 6) is -0.0943. The van der Waals surface area contributed by atoms with Crippen LogP contribution in [0, 0.1) is 0 Å². The average Bonchev–Trinajstić information content (AvgIpc) is 2.59. The van der Waals surface area contributed by atoms with Crippen molar-refractivity contribution in [1.29, 1.82) is 0 Å². The second-order valence-electron chi connectivity index (χ2n) is 5.72. The lowest BCUT2D eigenvalue weighted by Gasteiger charge is -2.09. The van der Waals surface area contributed by atoms with Crippen molar-refractivity contribution in [2.45, 2.75) is 12.2 Å². The number of hydrogen-bond donors (Lipinski definition) is 1. The predicted octanol–water partition coefficient (Wildman–Crippen LogP) is 4.27. The second kappa shape index (κ2) is 7.68. The molecule has 3 rings (SSSR count). The summed E-state index contributed by atoms with van der Waals surface area (Å²) >= 11 is 5.82. The van der Waals surface area contributed by atoms with Crippen molar-refractivity contribution < 1.29 is 8.42 Å². The molecule has 6 heteroatoms. The van der Waals surface area contributed by atoms with Crippen molar-refractivity contribution in [3.63, 3.8) is 0 Å². The van der Waals surface area contributed by atoms with E-state index in [4.69, 9.17) is 11.6 Å². The van der Waals surface area contributed by atoms with Crippen molar-refractivity contribution in [3.8, 4) is 0 Å². The van der Waals surface area contributed by atoms with E-state index in [1.54, 1.807) is 48.8 Å². The van der Waals surface area contributed by atoms with E-state index in [9.17, 15) is 8.42 Å². The van der Waals surface area contributed by atoms with Gasteiger partial charge in [0.1, 0.15) is 0 Å². The van der Waals surface area contributed by atoms with Crippen molar-refractivity contribution in [2.75, 3.05) is 4.72 Å². The summed E-state index contributed by atoms with van der Waals surface area (Å²) < 4.78 is 27.2. The first-order chi connectivity index (χ1) is 12.0. The Labute approximate surface area is 152 Å². The van der Waals surface area contributed by atoms with E-state index in [0.29, 0.717) is 16.3 Å². The summed E-state index contributed by atoms with van der Waals surface area (Å²) in [4.78, 5) is 4.00. The SMILES string of the molecule is O=S(=O)(Cc1ccc(Cl)cc1)Nc1ccc(Cc2ccncc2)cc1. The third-order valence-electron chi connectivity index (χ3n) is 3.65. The van der Waals surface area contributed by atoms with Gasteiger partial charge in [0, 0.05) is 23.1 Å². The van der Waals surface area contributed by atoms with Gasteiger partial charge in [0.15, 0.2) is 0 Å². The number of hydrogen-bond acceptors (Lipinski definition) is 3.